The largest absolute Gasteiger partial charge is 0.461 e. The van der Waals surface area contributed by atoms with E-state index < -0.39 is 5.51 Å². The molecule has 0 saturated carbocycles. The van der Waals surface area contributed by atoms with E-state index in [1.165, 1.54) is 0 Å². The van der Waals surface area contributed by atoms with Crippen LogP contribution >= 0.6 is 23.5 Å². The molecule has 23 heavy (non-hydrogen) atoms. The molecule has 1 N–H and O–H groups in total. The van der Waals surface area contributed by atoms with Crippen molar-refractivity contribution in [3.05, 3.63) is 53.7 Å². The third kappa shape index (κ3) is 4.05. The van der Waals surface area contributed by atoms with Gasteiger partial charge in [-0.25, -0.2) is 4.98 Å². The average molecular weight is 356 g/mol. The molecule has 0 aliphatic heterocycles. The van der Waals surface area contributed by atoms with E-state index >= 15 is 0 Å². The van der Waals surface area contributed by atoms with E-state index in [0.717, 1.165) is 5.56 Å². The Balaban J connectivity index is 1.83. The first-order valence-electron chi connectivity index (χ1n) is 6.44. The summed E-state index contributed by atoms with van der Waals surface area (Å²) in [6, 6.07) is 11.7. The second-order valence-electron chi connectivity index (χ2n) is 4.62. The molecule has 0 amide bonds. The number of aromatic nitrogens is 2. The summed E-state index contributed by atoms with van der Waals surface area (Å²) in [5.41, 5.74) is -1.20. The molecule has 0 saturated heterocycles. The number of hydrogen-bond acceptors (Lipinski definition) is 4. The number of anilines is 1. The molecule has 1 heterocycles. The first kappa shape index (κ1) is 15.9. The number of alkyl halides is 3. The Kier molecular flexibility index (Phi) is 4.32. The van der Waals surface area contributed by atoms with E-state index in [9.17, 15) is 13.2 Å². The smallest absolute Gasteiger partial charge is 0.323 e. The molecule has 118 valence electrons. The highest BCUT2D eigenvalue weighted by Gasteiger charge is 2.28. The topological polar surface area (TPSA) is 37.8 Å². The summed E-state index contributed by atoms with van der Waals surface area (Å²) < 4.78 is 38.6. The van der Waals surface area contributed by atoms with Gasteiger partial charge in [-0.2, -0.15) is 13.2 Å². The molecule has 0 bridgehead atoms. The maximum atomic E-state index is 12.1. The minimum absolute atomic E-state index is 0.299. The van der Waals surface area contributed by atoms with Gasteiger partial charge in [0, 0.05) is 16.3 Å². The van der Waals surface area contributed by atoms with Crippen LogP contribution in [-0.4, -0.2) is 15.5 Å². The number of fused-ring (bicyclic) bond motifs is 1. The molecule has 3 nitrogen and oxygen atoms in total. The predicted octanol–water partition coefficient (Wildman–Crippen LogP) is 5.53. The highest BCUT2D eigenvalue weighted by molar-refractivity contribution is 8.01. The monoisotopic (exact) mass is 355 g/mol. The fourth-order valence-electron chi connectivity index (χ4n) is 1.95. The molecule has 0 unspecified atom stereocenters. The Morgan fingerprint density at radius 2 is 1.74 bits per heavy atom. The van der Waals surface area contributed by atoms with Crippen molar-refractivity contribution in [1.29, 1.82) is 0 Å². The maximum absolute atomic E-state index is 12.1. The quantitative estimate of drug-likeness (QED) is 0.627. The van der Waals surface area contributed by atoms with Gasteiger partial charge in [-0.3, -0.25) is 4.98 Å². The van der Waals surface area contributed by atoms with Crippen LogP contribution < -0.4 is 4.72 Å². The summed E-state index contributed by atoms with van der Waals surface area (Å²) in [6.07, 6.45) is 1.60. The highest BCUT2D eigenvalue weighted by atomic mass is 35.5. The summed E-state index contributed by atoms with van der Waals surface area (Å²) >= 11 is 5.60. The summed E-state index contributed by atoms with van der Waals surface area (Å²) in [5, 5.41) is 0.581. The molecule has 0 radical (unpaired) electrons. The second kappa shape index (κ2) is 6.25. The number of hydrogen-bond donors (Lipinski definition) is 1. The number of nitrogens with zero attached hydrogens (tertiary/aromatic N) is 2. The molecular weight excluding hydrogens is 347 g/mol. The molecule has 0 aliphatic carbocycles. The third-order valence-electron chi connectivity index (χ3n) is 2.97. The van der Waals surface area contributed by atoms with E-state index in [1.54, 1.807) is 48.7 Å². The van der Waals surface area contributed by atoms with Gasteiger partial charge in [-0.1, -0.05) is 23.7 Å². The van der Waals surface area contributed by atoms with E-state index in [4.69, 9.17) is 11.6 Å². The standard InChI is InChI=1S/C15H9ClF3N3S/c16-10-3-6-12-13(7-10)20-8-14(21-12)9-1-4-11(5-2-9)22-23-15(17,18)19/h1-8,22H. The van der Waals surface area contributed by atoms with Crippen molar-refractivity contribution < 1.29 is 13.2 Å². The molecule has 3 aromatic rings. The van der Waals surface area contributed by atoms with Crippen molar-refractivity contribution in [2.75, 3.05) is 4.72 Å². The van der Waals surface area contributed by atoms with Gasteiger partial charge in [0.05, 0.1) is 34.9 Å². The van der Waals surface area contributed by atoms with Crippen molar-refractivity contribution in [1.82, 2.24) is 9.97 Å². The fourth-order valence-corrected chi connectivity index (χ4v) is 2.48. The highest BCUT2D eigenvalue weighted by Crippen LogP contribution is 2.31. The molecule has 0 fully saturated rings. The van der Waals surface area contributed by atoms with Crippen LogP contribution in [0.25, 0.3) is 22.3 Å². The lowest BCUT2D eigenvalue weighted by molar-refractivity contribution is -0.0323. The number of halogens is 4. The van der Waals surface area contributed by atoms with Crippen LogP contribution in [0.4, 0.5) is 18.9 Å². The summed E-state index contributed by atoms with van der Waals surface area (Å²) in [4.78, 5) is 8.77. The molecule has 3 rings (SSSR count). The van der Waals surface area contributed by atoms with Crippen LogP contribution in [0.3, 0.4) is 0 Å². The first-order chi connectivity index (χ1) is 10.9. The number of benzene rings is 2. The number of rotatable bonds is 3. The van der Waals surface area contributed by atoms with Gasteiger partial charge in [0.1, 0.15) is 0 Å². The molecule has 0 spiro atoms. The van der Waals surface area contributed by atoms with Crippen LogP contribution in [0, 0.1) is 0 Å². The van der Waals surface area contributed by atoms with Crippen LogP contribution in [-0.2, 0) is 0 Å². The van der Waals surface area contributed by atoms with Crippen LogP contribution in [0.2, 0.25) is 5.02 Å². The second-order valence-corrected chi connectivity index (χ2v) is 5.92. The molecular formula is C15H9ClF3N3S. The predicted molar refractivity (Wildman–Crippen MR) is 87.3 cm³/mol. The van der Waals surface area contributed by atoms with Crippen LogP contribution in [0.5, 0.6) is 0 Å². The Bertz CT molecular complexity index is 837. The maximum Gasteiger partial charge on any atom is 0.461 e. The molecule has 8 heteroatoms. The Labute approximate surface area is 139 Å². The minimum atomic E-state index is -4.33. The zero-order chi connectivity index (χ0) is 16.4. The third-order valence-corrected chi connectivity index (χ3v) is 3.77. The van der Waals surface area contributed by atoms with Crippen molar-refractivity contribution in [2.24, 2.45) is 0 Å². The van der Waals surface area contributed by atoms with Gasteiger partial charge in [0.2, 0.25) is 0 Å². The van der Waals surface area contributed by atoms with Crippen molar-refractivity contribution in [3.8, 4) is 11.3 Å². The van der Waals surface area contributed by atoms with Gasteiger partial charge in [-0.05, 0) is 30.3 Å². The zero-order valence-corrected chi connectivity index (χ0v) is 13.0. The van der Waals surface area contributed by atoms with E-state index in [0.29, 0.717) is 27.4 Å². The van der Waals surface area contributed by atoms with Gasteiger partial charge in [0.15, 0.2) is 0 Å². The minimum Gasteiger partial charge on any atom is -0.323 e. The zero-order valence-electron chi connectivity index (χ0n) is 11.4. The Morgan fingerprint density at radius 1 is 1.00 bits per heavy atom. The Morgan fingerprint density at radius 3 is 2.43 bits per heavy atom. The van der Waals surface area contributed by atoms with E-state index in [-0.39, 0.29) is 11.9 Å². The number of nitrogens with one attached hydrogen (secondary N) is 1. The van der Waals surface area contributed by atoms with Crippen molar-refractivity contribution in [3.63, 3.8) is 0 Å². The lowest BCUT2D eigenvalue weighted by atomic mass is 10.1. The van der Waals surface area contributed by atoms with Gasteiger partial charge in [0.25, 0.3) is 0 Å². The molecule has 0 atom stereocenters. The molecule has 2 aromatic carbocycles. The van der Waals surface area contributed by atoms with Gasteiger partial charge >= 0.3 is 5.51 Å². The van der Waals surface area contributed by atoms with Gasteiger partial charge in [-0.15, -0.1) is 0 Å². The normalized spacial score (nSPS) is 11.7. The summed E-state index contributed by atoms with van der Waals surface area (Å²) in [7, 11) is 0. The van der Waals surface area contributed by atoms with Crippen LogP contribution in [0.1, 0.15) is 0 Å². The molecule has 0 aliphatic rings. The van der Waals surface area contributed by atoms with Crippen LogP contribution in [0.15, 0.2) is 48.7 Å². The van der Waals surface area contributed by atoms with Gasteiger partial charge < -0.3 is 4.72 Å². The average Bonchev–Trinajstić information content (AvgIpc) is 2.52. The van der Waals surface area contributed by atoms with E-state index in [1.807, 2.05) is 0 Å². The van der Waals surface area contributed by atoms with Crippen molar-refractivity contribution >= 4 is 40.3 Å². The summed E-state index contributed by atoms with van der Waals surface area (Å²) in [6.45, 7) is 0. The first-order valence-corrected chi connectivity index (χ1v) is 7.64. The lowest BCUT2D eigenvalue weighted by Crippen LogP contribution is -2.04. The fraction of sp³-hybridized carbons (Fsp3) is 0.0667. The van der Waals surface area contributed by atoms with Crippen molar-refractivity contribution in [2.45, 2.75) is 5.51 Å². The lowest BCUT2D eigenvalue weighted by Gasteiger charge is -2.08. The summed E-state index contributed by atoms with van der Waals surface area (Å²) in [5.74, 6) is 0. The molecule has 1 aromatic heterocycles. The SMILES string of the molecule is FC(F)(F)SNc1ccc(-c2cnc3cc(Cl)ccc3n2)cc1. The van der Waals surface area contributed by atoms with E-state index in [2.05, 4.69) is 14.7 Å². The Hall–Kier alpha value is -1.99.